The van der Waals surface area contributed by atoms with Crippen molar-refractivity contribution in [2.45, 2.75) is 38.7 Å². The van der Waals surface area contributed by atoms with Crippen LogP contribution in [0.15, 0.2) is 54.6 Å². The lowest BCUT2D eigenvalue weighted by atomic mass is 9.83. The molecule has 3 aromatic rings. The van der Waals surface area contributed by atoms with Crippen LogP contribution < -0.4 is 4.74 Å². The standard InChI is InChI=1S/C28H25F3O3/c1-16-2-4-19(5-3-16)28(32)34-24-13-10-20(14-23(24)29)17-6-8-18(9-7-17)21-11-12-22(25-15-33-25)27(31)26(21)30/h6-14,16,19,25H,2-5,15H2,1H3. The van der Waals surface area contributed by atoms with Crippen LogP contribution in [-0.2, 0) is 9.53 Å². The van der Waals surface area contributed by atoms with E-state index in [1.807, 2.05) is 0 Å². The van der Waals surface area contributed by atoms with Gasteiger partial charge in [-0.15, -0.1) is 0 Å². The van der Waals surface area contributed by atoms with E-state index in [4.69, 9.17) is 9.47 Å². The fraction of sp³-hybridized carbons (Fsp3) is 0.321. The van der Waals surface area contributed by atoms with E-state index >= 15 is 0 Å². The van der Waals surface area contributed by atoms with Gasteiger partial charge in [0.15, 0.2) is 23.2 Å². The smallest absolute Gasteiger partial charge is 0.314 e. The van der Waals surface area contributed by atoms with Gasteiger partial charge in [-0.3, -0.25) is 4.79 Å². The third-order valence-electron chi connectivity index (χ3n) is 6.81. The summed E-state index contributed by atoms with van der Waals surface area (Å²) in [7, 11) is 0. The molecule has 3 nitrogen and oxygen atoms in total. The zero-order valence-electron chi connectivity index (χ0n) is 18.8. The minimum Gasteiger partial charge on any atom is -0.423 e. The maximum Gasteiger partial charge on any atom is 0.314 e. The highest BCUT2D eigenvalue weighted by atomic mass is 19.2. The number of benzene rings is 3. The van der Waals surface area contributed by atoms with Crippen molar-refractivity contribution in [2.75, 3.05) is 6.61 Å². The van der Waals surface area contributed by atoms with Crippen LogP contribution in [0.5, 0.6) is 5.75 Å². The van der Waals surface area contributed by atoms with E-state index in [1.165, 1.54) is 12.1 Å². The average molecular weight is 466 g/mol. The van der Waals surface area contributed by atoms with Crippen molar-refractivity contribution in [3.63, 3.8) is 0 Å². The Morgan fingerprint density at radius 3 is 2.15 bits per heavy atom. The first-order valence-electron chi connectivity index (χ1n) is 11.6. The number of hydrogen-bond donors (Lipinski definition) is 0. The number of esters is 1. The van der Waals surface area contributed by atoms with Crippen LogP contribution in [0.4, 0.5) is 13.2 Å². The van der Waals surface area contributed by atoms with E-state index in [9.17, 15) is 18.0 Å². The molecule has 6 heteroatoms. The van der Waals surface area contributed by atoms with Gasteiger partial charge in [0.25, 0.3) is 0 Å². The minimum atomic E-state index is -0.912. The molecule has 1 aliphatic carbocycles. The Labute approximate surface area is 196 Å². The minimum absolute atomic E-state index is 0.0822. The van der Waals surface area contributed by atoms with E-state index in [1.54, 1.807) is 42.5 Å². The Kier molecular flexibility index (Phi) is 6.17. The predicted octanol–water partition coefficient (Wildman–Crippen LogP) is 7.24. The second-order valence-electron chi connectivity index (χ2n) is 9.25. The molecule has 2 fully saturated rings. The first-order chi connectivity index (χ1) is 16.4. The van der Waals surface area contributed by atoms with Gasteiger partial charge in [-0.25, -0.2) is 13.2 Å². The van der Waals surface area contributed by atoms with Crippen LogP contribution in [0, 0.1) is 29.3 Å². The van der Waals surface area contributed by atoms with Crippen LogP contribution >= 0.6 is 0 Å². The van der Waals surface area contributed by atoms with Crippen molar-refractivity contribution >= 4 is 5.97 Å². The molecule has 34 heavy (non-hydrogen) atoms. The van der Waals surface area contributed by atoms with Crippen LogP contribution in [0.3, 0.4) is 0 Å². The van der Waals surface area contributed by atoms with Crippen LogP contribution in [0.25, 0.3) is 22.3 Å². The van der Waals surface area contributed by atoms with Crippen molar-refractivity contribution in [3.8, 4) is 28.0 Å². The molecule has 5 rings (SSSR count). The largest absolute Gasteiger partial charge is 0.423 e. The summed E-state index contributed by atoms with van der Waals surface area (Å²) in [5.74, 6) is -2.45. The lowest BCUT2D eigenvalue weighted by Gasteiger charge is -2.24. The molecule has 3 aromatic carbocycles. The number of ether oxygens (including phenoxy) is 2. The molecule has 1 atom stereocenters. The van der Waals surface area contributed by atoms with Crippen molar-refractivity contribution in [3.05, 3.63) is 77.6 Å². The molecule has 2 aliphatic rings. The van der Waals surface area contributed by atoms with E-state index in [0.29, 0.717) is 29.2 Å². The monoisotopic (exact) mass is 466 g/mol. The lowest BCUT2D eigenvalue weighted by molar-refractivity contribution is -0.140. The highest BCUT2D eigenvalue weighted by Gasteiger charge is 2.30. The van der Waals surface area contributed by atoms with Crippen LogP contribution in [-0.4, -0.2) is 12.6 Å². The summed E-state index contributed by atoms with van der Waals surface area (Å²) in [5, 5.41) is 0. The van der Waals surface area contributed by atoms with E-state index in [0.717, 1.165) is 25.7 Å². The van der Waals surface area contributed by atoms with Crippen LogP contribution in [0.1, 0.15) is 44.3 Å². The number of epoxide rings is 1. The number of carbonyl (C=O) groups is 1. The summed E-state index contributed by atoms with van der Waals surface area (Å²) in [4.78, 5) is 12.4. The van der Waals surface area contributed by atoms with E-state index < -0.39 is 17.5 Å². The Balaban J connectivity index is 1.30. The molecule has 176 valence electrons. The fourth-order valence-corrected chi connectivity index (χ4v) is 4.56. The van der Waals surface area contributed by atoms with Gasteiger partial charge in [0.05, 0.1) is 12.5 Å². The molecule has 0 radical (unpaired) electrons. The van der Waals surface area contributed by atoms with Gasteiger partial charge in [-0.2, -0.15) is 0 Å². The molecule has 1 saturated carbocycles. The highest BCUT2D eigenvalue weighted by Crippen LogP contribution is 2.36. The molecule has 0 spiro atoms. The number of hydrogen-bond acceptors (Lipinski definition) is 3. The SMILES string of the molecule is CC1CCC(C(=O)Oc2ccc(-c3ccc(-c4ccc(C5CO5)c(F)c4F)cc3)cc2F)CC1. The van der Waals surface area contributed by atoms with Crippen LogP contribution in [0.2, 0.25) is 0 Å². The molecule has 0 amide bonds. The molecule has 1 saturated heterocycles. The van der Waals surface area contributed by atoms with E-state index in [-0.39, 0.29) is 34.9 Å². The third-order valence-corrected chi connectivity index (χ3v) is 6.81. The van der Waals surface area contributed by atoms with Gasteiger partial charge < -0.3 is 9.47 Å². The number of carbonyl (C=O) groups excluding carboxylic acids is 1. The second-order valence-corrected chi connectivity index (χ2v) is 9.25. The zero-order valence-corrected chi connectivity index (χ0v) is 18.8. The summed E-state index contributed by atoms with van der Waals surface area (Å²) >= 11 is 0. The van der Waals surface area contributed by atoms with Gasteiger partial charge in [0.1, 0.15) is 6.10 Å². The fourth-order valence-electron chi connectivity index (χ4n) is 4.56. The Bertz CT molecular complexity index is 1210. The van der Waals surface area contributed by atoms with Gasteiger partial charge in [-0.1, -0.05) is 49.4 Å². The van der Waals surface area contributed by atoms with Crippen molar-refractivity contribution in [2.24, 2.45) is 11.8 Å². The normalized spacial score (nSPS) is 21.8. The third kappa shape index (κ3) is 4.60. The van der Waals surface area contributed by atoms with Crippen molar-refractivity contribution in [1.29, 1.82) is 0 Å². The van der Waals surface area contributed by atoms with Gasteiger partial charge in [0.2, 0.25) is 0 Å². The summed E-state index contributed by atoms with van der Waals surface area (Å²) in [5.41, 5.74) is 2.18. The van der Waals surface area contributed by atoms with E-state index in [2.05, 4.69) is 6.92 Å². The van der Waals surface area contributed by atoms with Gasteiger partial charge >= 0.3 is 5.97 Å². The molecular weight excluding hydrogens is 441 g/mol. The van der Waals surface area contributed by atoms with Gasteiger partial charge in [-0.05, 0) is 60.4 Å². The topological polar surface area (TPSA) is 38.8 Å². The lowest BCUT2D eigenvalue weighted by Crippen LogP contribution is -2.25. The maximum absolute atomic E-state index is 14.7. The number of halogens is 3. The first-order valence-corrected chi connectivity index (χ1v) is 11.6. The molecule has 0 bridgehead atoms. The second kappa shape index (κ2) is 9.26. The quantitative estimate of drug-likeness (QED) is 0.226. The van der Waals surface area contributed by atoms with Crippen molar-refractivity contribution in [1.82, 2.24) is 0 Å². The summed E-state index contributed by atoms with van der Waals surface area (Å²) in [6, 6.07) is 14.3. The first kappa shape index (κ1) is 22.7. The van der Waals surface area contributed by atoms with Gasteiger partial charge in [0, 0.05) is 11.1 Å². The summed E-state index contributed by atoms with van der Waals surface area (Å²) in [6.07, 6.45) is 3.13. The molecular formula is C28H25F3O3. The summed E-state index contributed by atoms with van der Waals surface area (Å²) in [6.45, 7) is 2.57. The molecule has 0 N–H and O–H groups in total. The Morgan fingerprint density at radius 2 is 1.50 bits per heavy atom. The molecule has 1 heterocycles. The highest BCUT2D eigenvalue weighted by molar-refractivity contribution is 5.76. The molecule has 1 unspecified atom stereocenters. The van der Waals surface area contributed by atoms with Crippen molar-refractivity contribution < 1.29 is 27.4 Å². The maximum atomic E-state index is 14.7. The average Bonchev–Trinajstić information content (AvgIpc) is 3.68. The Morgan fingerprint density at radius 1 is 0.853 bits per heavy atom. The number of rotatable bonds is 5. The molecule has 1 aliphatic heterocycles. The summed E-state index contributed by atoms with van der Waals surface area (Å²) < 4.78 is 54.0. The predicted molar refractivity (Wildman–Crippen MR) is 123 cm³/mol. The molecule has 0 aromatic heterocycles. The Hall–Kier alpha value is -3.12. The zero-order chi connectivity index (χ0) is 23.8.